The predicted molar refractivity (Wildman–Crippen MR) is 71.8 cm³/mol. The Balaban J connectivity index is 2.15. The Morgan fingerprint density at radius 2 is 1.90 bits per heavy atom. The minimum absolute atomic E-state index is 0.0150. The maximum atomic E-state index is 13.6. The molecule has 0 aliphatic rings. The fraction of sp³-hybridized carbons (Fsp3) is 0.0769. The summed E-state index contributed by atoms with van der Waals surface area (Å²) in [7, 11) is 0. The number of non-ortho nitro benzene ring substituents is 1. The predicted octanol–water partition coefficient (Wildman–Crippen LogP) is 4.14. The summed E-state index contributed by atoms with van der Waals surface area (Å²) in [6, 6.07) is 7.25. The maximum Gasteiger partial charge on any atom is 0.272 e. The van der Waals surface area contributed by atoms with Crippen LogP contribution in [0.1, 0.15) is 5.56 Å². The van der Waals surface area contributed by atoms with E-state index in [0.29, 0.717) is 5.02 Å². The molecule has 0 radical (unpaired) electrons. The van der Waals surface area contributed by atoms with E-state index in [-0.39, 0.29) is 23.5 Å². The van der Waals surface area contributed by atoms with Crippen molar-refractivity contribution in [3.05, 3.63) is 68.7 Å². The summed E-state index contributed by atoms with van der Waals surface area (Å²) in [5.41, 5.74) is -0.0211. The molecule has 0 aliphatic heterocycles. The number of benzene rings is 2. The molecule has 0 atom stereocenters. The van der Waals surface area contributed by atoms with Gasteiger partial charge in [-0.15, -0.1) is 0 Å². The summed E-state index contributed by atoms with van der Waals surface area (Å²) in [5.74, 6) is -1.24. The number of hydrogen-bond acceptors (Lipinski definition) is 3. The summed E-state index contributed by atoms with van der Waals surface area (Å²) in [6.45, 7) is 0.0150. The lowest BCUT2D eigenvalue weighted by atomic mass is 10.2. The van der Waals surface area contributed by atoms with Gasteiger partial charge in [0, 0.05) is 23.2 Å². The largest absolute Gasteiger partial charge is 0.378 e. The molecule has 0 spiro atoms. The normalized spacial score (nSPS) is 10.3. The van der Waals surface area contributed by atoms with E-state index in [9.17, 15) is 18.9 Å². The Hall–Kier alpha value is -2.21. The fourth-order valence-corrected chi connectivity index (χ4v) is 1.82. The van der Waals surface area contributed by atoms with Crippen molar-refractivity contribution in [2.24, 2.45) is 0 Å². The van der Waals surface area contributed by atoms with Crippen LogP contribution in [0.5, 0.6) is 0 Å². The van der Waals surface area contributed by atoms with Gasteiger partial charge >= 0.3 is 0 Å². The van der Waals surface area contributed by atoms with Crippen LogP contribution in [0.25, 0.3) is 0 Å². The monoisotopic (exact) mass is 298 g/mol. The standard InChI is InChI=1S/C13H9ClF2N2O2/c14-9-1-3-11(15)8(5-9)7-17-13-4-2-10(18(19)20)6-12(13)16/h1-6,17H,7H2. The van der Waals surface area contributed by atoms with Gasteiger partial charge in [-0.2, -0.15) is 0 Å². The smallest absolute Gasteiger partial charge is 0.272 e. The van der Waals surface area contributed by atoms with Crippen molar-refractivity contribution in [1.29, 1.82) is 0 Å². The molecule has 2 rings (SSSR count). The number of nitrogens with zero attached hydrogens (tertiary/aromatic N) is 1. The third kappa shape index (κ3) is 3.21. The maximum absolute atomic E-state index is 13.6. The zero-order valence-electron chi connectivity index (χ0n) is 10.1. The number of hydrogen-bond donors (Lipinski definition) is 1. The van der Waals surface area contributed by atoms with Crippen molar-refractivity contribution >= 4 is 23.0 Å². The van der Waals surface area contributed by atoms with Crippen LogP contribution in [0.2, 0.25) is 5.02 Å². The first-order chi connectivity index (χ1) is 9.47. The van der Waals surface area contributed by atoms with Crippen molar-refractivity contribution in [1.82, 2.24) is 0 Å². The van der Waals surface area contributed by atoms with Crippen LogP contribution in [0, 0.1) is 21.7 Å². The van der Waals surface area contributed by atoms with Crippen molar-refractivity contribution < 1.29 is 13.7 Å². The van der Waals surface area contributed by atoms with Crippen molar-refractivity contribution in [3.8, 4) is 0 Å². The molecule has 1 N–H and O–H groups in total. The second-order valence-corrected chi connectivity index (χ2v) is 4.45. The third-order valence-electron chi connectivity index (χ3n) is 2.64. The first kappa shape index (κ1) is 14.2. The first-order valence-corrected chi connectivity index (χ1v) is 5.97. The molecule has 0 fully saturated rings. The van der Waals surface area contributed by atoms with Crippen LogP contribution in [0.4, 0.5) is 20.2 Å². The molecule has 0 unspecified atom stereocenters. The summed E-state index contributed by atoms with van der Waals surface area (Å²) in [4.78, 5) is 9.79. The molecular weight excluding hydrogens is 290 g/mol. The van der Waals surface area contributed by atoms with Gasteiger partial charge in [0.05, 0.1) is 16.7 Å². The second-order valence-electron chi connectivity index (χ2n) is 4.01. The van der Waals surface area contributed by atoms with Crippen LogP contribution < -0.4 is 5.32 Å². The molecule has 2 aromatic rings. The SMILES string of the molecule is O=[N+]([O-])c1ccc(NCc2cc(Cl)ccc2F)c(F)c1. The summed E-state index contributed by atoms with van der Waals surface area (Å²) in [5, 5.41) is 13.5. The molecule has 0 saturated carbocycles. The zero-order valence-corrected chi connectivity index (χ0v) is 10.8. The lowest BCUT2D eigenvalue weighted by Crippen LogP contribution is -2.04. The molecule has 0 saturated heterocycles. The van der Waals surface area contributed by atoms with E-state index in [1.807, 2.05) is 0 Å². The van der Waals surface area contributed by atoms with Gasteiger partial charge in [-0.1, -0.05) is 11.6 Å². The number of halogens is 3. The molecule has 0 aliphatic carbocycles. The second kappa shape index (κ2) is 5.83. The van der Waals surface area contributed by atoms with E-state index < -0.39 is 16.6 Å². The Kier molecular flexibility index (Phi) is 4.14. The highest BCUT2D eigenvalue weighted by atomic mass is 35.5. The summed E-state index contributed by atoms with van der Waals surface area (Å²) in [6.07, 6.45) is 0. The van der Waals surface area contributed by atoms with E-state index in [1.165, 1.54) is 30.3 Å². The fourth-order valence-electron chi connectivity index (χ4n) is 1.63. The molecule has 0 heterocycles. The highest BCUT2D eigenvalue weighted by molar-refractivity contribution is 6.30. The Bertz CT molecular complexity index is 665. The van der Waals surface area contributed by atoms with Crippen LogP contribution in [0.3, 0.4) is 0 Å². The zero-order chi connectivity index (χ0) is 14.7. The molecule has 20 heavy (non-hydrogen) atoms. The molecule has 0 bridgehead atoms. The number of nitro groups is 1. The lowest BCUT2D eigenvalue weighted by molar-refractivity contribution is -0.385. The average molecular weight is 299 g/mol. The minimum Gasteiger partial charge on any atom is -0.378 e. The van der Waals surface area contributed by atoms with Gasteiger partial charge in [-0.05, 0) is 24.3 Å². The van der Waals surface area contributed by atoms with E-state index in [2.05, 4.69) is 5.32 Å². The number of rotatable bonds is 4. The van der Waals surface area contributed by atoms with Gasteiger partial charge in [-0.3, -0.25) is 10.1 Å². The van der Waals surface area contributed by atoms with Crippen LogP contribution >= 0.6 is 11.6 Å². The van der Waals surface area contributed by atoms with Crippen LogP contribution in [0.15, 0.2) is 36.4 Å². The van der Waals surface area contributed by atoms with Crippen molar-refractivity contribution in [3.63, 3.8) is 0 Å². The lowest BCUT2D eigenvalue weighted by Gasteiger charge is -2.08. The van der Waals surface area contributed by atoms with Crippen molar-refractivity contribution in [2.75, 3.05) is 5.32 Å². The van der Waals surface area contributed by atoms with Gasteiger partial charge in [-0.25, -0.2) is 8.78 Å². The quantitative estimate of drug-likeness (QED) is 0.682. The number of anilines is 1. The van der Waals surface area contributed by atoms with Gasteiger partial charge < -0.3 is 5.32 Å². The summed E-state index contributed by atoms with van der Waals surface area (Å²) >= 11 is 5.74. The van der Waals surface area contributed by atoms with Gasteiger partial charge in [0.1, 0.15) is 5.82 Å². The molecular formula is C13H9ClF2N2O2. The third-order valence-corrected chi connectivity index (χ3v) is 2.88. The van der Waals surface area contributed by atoms with Gasteiger partial charge in [0.2, 0.25) is 0 Å². The van der Waals surface area contributed by atoms with E-state index >= 15 is 0 Å². The Morgan fingerprint density at radius 3 is 2.55 bits per heavy atom. The Morgan fingerprint density at radius 1 is 1.15 bits per heavy atom. The highest BCUT2D eigenvalue weighted by Gasteiger charge is 2.11. The van der Waals surface area contributed by atoms with Gasteiger partial charge in [0.25, 0.3) is 5.69 Å². The molecule has 0 aromatic heterocycles. The number of nitro benzene ring substituents is 1. The van der Waals surface area contributed by atoms with Crippen molar-refractivity contribution in [2.45, 2.75) is 6.54 Å². The molecule has 4 nitrogen and oxygen atoms in total. The van der Waals surface area contributed by atoms with E-state index in [1.54, 1.807) is 0 Å². The molecule has 104 valence electrons. The van der Waals surface area contributed by atoms with E-state index in [4.69, 9.17) is 11.6 Å². The average Bonchev–Trinajstić information content (AvgIpc) is 2.40. The topological polar surface area (TPSA) is 55.2 Å². The van der Waals surface area contributed by atoms with Crippen LogP contribution in [-0.4, -0.2) is 4.92 Å². The van der Waals surface area contributed by atoms with E-state index in [0.717, 1.165) is 6.07 Å². The van der Waals surface area contributed by atoms with Gasteiger partial charge in [0.15, 0.2) is 5.82 Å². The highest BCUT2D eigenvalue weighted by Crippen LogP contribution is 2.22. The Labute approximate surface area is 118 Å². The minimum atomic E-state index is -0.776. The first-order valence-electron chi connectivity index (χ1n) is 5.59. The molecule has 2 aromatic carbocycles. The summed E-state index contributed by atoms with van der Waals surface area (Å²) < 4.78 is 27.1. The van der Waals surface area contributed by atoms with Crippen LogP contribution in [-0.2, 0) is 6.54 Å². The number of nitrogens with one attached hydrogen (secondary N) is 1. The molecule has 0 amide bonds. The molecule has 7 heteroatoms.